The first-order chi connectivity index (χ1) is 11.3. The predicted octanol–water partition coefficient (Wildman–Crippen LogP) is 2.80. The number of thioether (sulfide) groups is 1. The van der Waals surface area contributed by atoms with Crippen LogP contribution in [0.25, 0.3) is 0 Å². The SMILES string of the molecule is O=C(CSc1nccn1Cc1ccccn1)NCc1cccs1. The van der Waals surface area contributed by atoms with Crippen molar-refractivity contribution in [1.82, 2.24) is 19.9 Å². The Morgan fingerprint density at radius 1 is 1.22 bits per heavy atom. The average molecular weight is 344 g/mol. The Morgan fingerprint density at radius 3 is 2.96 bits per heavy atom. The van der Waals surface area contributed by atoms with Gasteiger partial charge >= 0.3 is 0 Å². The second-order valence-corrected chi connectivity index (χ2v) is 6.78. The van der Waals surface area contributed by atoms with Crippen LogP contribution in [0.2, 0.25) is 0 Å². The average Bonchev–Trinajstić information content (AvgIpc) is 3.24. The van der Waals surface area contributed by atoms with E-state index >= 15 is 0 Å². The molecule has 0 aliphatic heterocycles. The molecule has 3 aromatic rings. The number of nitrogens with zero attached hydrogens (tertiary/aromatic N) is 3. The maximum absolute atomic E-state index is 11.9. The summed E-state index contributed by atoms with van der Waals surface area (Å²) in [5, 5.41) is 5.74. The van der Waals surface area contributed by atoms with Crippen LogP contribution >= 0.6 is 23.1 Å². The molecule has 0 fully saturated rings. The van der Waals surface area contributed by atoms with Crippen LogP contribution < -0.4 is 5.32 Å². The molecule has 3 aromatic heterocycles. The number of hydrogen-bond acceptors (Lipinski definition) is 5. The topological polar surface area (TPSA) is 59.8 Å². The number of amides is 1. The van der Waals surface area contributed by atoms with Gasteiger partial charge in [0.25, 0.3) is 0 Å². The molecule has 3 rings (SSSR count). The molecule has 7 heteroatoms. The molecule has 0 radical (unpaired) electrons. The van der Waals surface area contributed by atoms with Gasteiger partial charge in [0.2, 0.25) is 5.91 Å². The minimum atomic E-state index is 0.00999. The van der Waals surface area contributed by atoms with E-state index in [1.54, 1.807) is 23.7 Å². The van der Waals surface area contributed by atoms with E-state index in [0.29, 0.717) is 18.8 Å². The summed E-state index contributed by atoms with van der Waals surface area (Å²) in [6.45, 7) is 1.24. The van der Waals surface area contributed by atoms with E-state index in [-0.39, 0.29) is 5.91 Å². The Labute approximate surface area is 142 Å². The van der Waals surface area contributed by atoms with E-state index in [4.69, 9.17) is 0 Å². The van der Waals surface area contributed by atoms with Crippen molar-refractivity contribution < 1.29 is 4.79 Å². The van der Waals surface area contributed by atoms with Gasteiger partial charge in [-0.1, -0.05) is 23.9 Å². The maximum Gasteiger partial charge on any atom is 0.230 e. The lowest BCUT2D eigenvalue weighted by molar-refractivity contribution is -0.118. The molecule has 0 spiro atoms. The Kier molecular flexibility index (Phi) is 5.44. The van der Waals surface area contributed by atoms with Crippen LogP contribution in [-0.2, 0) is 17.9 Å². The number of carbonyl (C=O) groups is 1. The number of carbonyl (C=O) groups excluding carboxylic acids is 1. The Hall–Kier alpha value is -2.12. The van der Waals surface area contributed by atoms with Crippen molar-refractivity contribution in [3.8, 4) is 0 Å². The standard InChI is InChI=1S/C16H16N4OS2/c21-15(19-10-14-5-3-9-22-14)12-23-16-18-7-8-20(16)11-13-4-1-2-6-17-13/h1-9H,10-12H2,(H,19,21). The second-order valence-electron chi connectivity index (χ2n) is 4.80. The summed E-state index contributed by atoms with van der Waals surface area (Å²) in [6, 6.07) is 9.82. The van der Waals surface area contributed by atoms with Crippen molar-refractivity contribution in [2.45, 2.75) is 18.2 Å². The van der Waals surface area contributed by atoms with Crippen molar-refractivity contribution in [3.63, 3.8) is 0 Å². The van der Waals surface area contributed by atoms with Gasteiger partial charge in [0, 0.05) is 23.5 Å². The zero-order valence-corrected chi connectivity index (χ0v) is 14.0. The molecule has 0 saturated carbocycles. The number of hydrogen-bond donors (Lipinski definition) is 1. The van der Waals surface area contributed by atoms with Crippen molar-refractivity contribution in [1.29, 1.82) is 0 Å². The molecule has 118 valence electrons. The normalized spacial score (nSPS) is 10.6. The summed E-state index contributed by atoms with van der Waals surface area (Å²) < 4.78 is 2.00. The highest BCUT2D eigenvalue weighted by Gasteiger charge is 2.08. The van der Waals surface area contributed by atoms with Gasteiger partial charge in [0.15, 0.2) is 5.16 Å². The number of aromatic nitrogens is 3. The van der Waals surface area contributed by atoms with Gasteiger partial charge in [-0.3, -0.25) is 9.78 Å². The van der Waals surface area contributed by atoms with E-state index in [1.807, 2.05) is 46.5 Å². The van der Waals surface area contributed by atoms with Crippen LogP contribution in [0.5, 0.6) is 0 Å². The fourth-order valence-electron chi connectivity index (χ4n) is 2.00. The molecule has 0 saturated heterocycles. The molecule has 1 N–H and O–H groups in total. The molecule has 1 amide bonds. The van der Waals surface area contributed by atoms with E-state index in [9.17, 15) is 4.79 Å². The zero-order chi connectivity index (χ0) is 15.9. The van der Waals surface area contributed by atoms with Gasteiger partial charge in [-0.25, -0.2) is 4.98 Å². The summed E-state index contributed by atoms with van der Waals surface area (Å²) in [6.07, 6.45) is 5.42. The van der Waals surface area contributed by atoms with E-state index < -0.39 is 0 Å². The molecular weight excluding hydrogens is 328 g/mol. The highest BCUT2D eigenvalue weighted by molar-refractivity contribution is 7.99. The molecule has 0 aromatic carbocycles. The van der Waals surface area contributed by atoms with Crippen LogP contribution in [0.3, 0.4) is 0 Å². The Bertz CT molecular complexity index is 741. The quantitative estimate of drug-likeness (QED) is 0.670. The van der Waals surface area contributed by atoms with Crippen molar-refractivity contribution in [3.05, 3.63) is 64.9 Å². The molecule has 0 bridgehead atoms. The van der Waals surface area contributed by atoms with Crippen molar-refractivity contribution in [2.75, 3.05) is 5.75 Å². The minimum Gasteiger partial charge on any atom is -0.350 e. The number of pyridine rings is 1. The third kappa shape index (κ3) is 4.67. The summed E-state index contributed by atoms with van der Waals surface area (Å²) in [4.78, 5) is 21.7. The highest BCUT2D eigenvalue weighted by atomic mass is 32.2. The van der Waals surface area contributed by atoms with Gasteiger partial charge in [0.1, 0.15) is 0 Å². The van der Waals surface area contributed by atoms with E-state index in [0.717, 1.165) is 15.7 Å². The van der Waals surface area contributed by atoms with Crippen LogP contribution in [-0.4, -0.2) is 26.2 Å². The summed E-state index contributed by atoms with van der Waals surface area (Å²) in [5.74, 6) is 0.362. The zero-order valence-electron chi connectivity index (χ0n) is 12.4. The number of nitrogens with one attached hydrogen (secondary N) is 1. The van der Waals surface area contributed by atoms with Gasteiger partial charge in [-0.05, 0) is 23.6 Å². The first kappa shape index (κ1) is 15.8. The summed E-state index contributed by atoms with van der Waals surface area (Å²) in [7, 11) is 0. The number of imidazole rings is 1. The minimum absolute atomic E-state index is 0.00999. The third-order valence-electron chi connectivity index (χ3n) is 3.11. The molecule has 23 heavy (non-hydrogen) atoms. The predicted molar refractivity (Wildman–Crippen MR) is 92.5 cm³/mol. The summed E-state index contributed by atoms with van der Waals surface area (Å²) in [5.41, 5.74) is 0.967. The summed E-state index contributed by atoms with van der Waals surface area (Å²) >= 11 is 3.07. The molecule has 0 unspecified atom stereocenters. The van der Waals surface area contributed by atoms with E-state index in [1.165, 1.54) is 11.8 Å². The van der Waals surface area contributed by atoms with Gasteiger partial charge in [0.05, 0.1) is 24.5 Å². The third-order valence-corrected chi connectivity index (χ3v) is 4.99. The first-order valence-corrected chi connectivity index (χ1v) is 9.01. The van der Waals surface area contributed by atoms with Crippen LogP contribution in [0.4, 0.5) is 0 Å². The van der Waals surface area contributed by atoms with Crippen LogP contribution in [0.1, 0.15) is 10.6 Å². The van der Waals surface area contributed by atoms with Gasteiger partial charge in [-0.15, -0.1) is 11.3 Å². The molecule has 0 aliphatic carbocycles. The molecule has 5 nitrogen and oxygen atoms in total. The number of thiophene rings is 1. The molecule has 0 atom stereocenters. The maximum atomic E-state index is 11.9. The largest absolute Gasteiger partial charge is 0.350 e. The van der Waals surface area contributed by atoms with Crippen molar-refractivity contribution in [2.24, 2.45) is 0 Å². The number of rotatable bonds is 7. The molecule has 0 aliphatic rings. The second kappa shape index (κ2) is 7.94. The monoisotopic (exact) mass is 344 g/mol. The lowest BCUT2D eigenvalue weighted by Gasteiger charge is -2.07. The van der Waals surface area contributed by atoms with Crippen LogP contribution in [0, 0.1) is 0 Å². The Morgan fingerprint density at radius 2 is 2.17 bits per heavy atom. The Balaban J connectivity index is 1.50. The fourth-order valence-corrected chi connectivity index (χ4v) is 3.44. The first-order valence-electron chi connectivity index (χ1n) is 7.14. The lowest BCUT2D eigenvalue weighted by Crippen LogP contribution is -2.24. The lowest BCUT2D eigenvalue weighted by atomic mass is 10.3. The smallest absolute Gasteiger partial charge is 0.230 e. The van der Waals surface area contributed by atoms with Gasteiger partial charge in [-0.2, -0.15) is 0 Å². The fraction of sp³-hybridized carbons (Fsp3) is 0.188. The van der Waals surface area contributed by atoms with Crippen molar-refractivity contribution >= 4 is 29.0 Å². The highest BCUT2D eigenvalue weighted by Crippen LogP contribution is 2.16. The van der Waals surface area contributed by atoms with E-state index in [2.05, 4.69) is 15.3 Å². The van der Waals surface area contributed by atoms with Gasteiger partial charge < -0.3 is 9.88 Å². The molecular formula is C16H16N4OS2. The molecule has 3 heterocycles. The van der Waals surface area contributed by atoms with Crippen LogP contribution in [0.15, 0.2) is 59.5 Å².